The average Bonchev–Trinajstić information content (AvgIpc) is 2.92. The molecule has 3 aromatic rings. The van der Waals surface area contributed by atoms with Gasteiger partial charge in [0.2, 0.25) is 5.95 Å². The molecule has 9 nitrogen and oxygen atoms in total. The van der Waals surface area contributed by atoms with E-state index < -0.39 is 15.7 Å². The van der Waals surface area contributed by atoms with Crippen molar-refractivity contribution in [2.75, 3.05) is 60.6 Å². The molecule has 204 valence electrons. The van der Waals surface area contributed by atoms with E-state index in [1.165, 1.54) is 0 Å². The summed E-state index contributed by atoms with van der Waals surface area (Å²) in [5.41, 5.74) is 3.53. The molecule has 0 radical (unpaired) electrons. The number of benzene rings is 2. The molecule has 1 aliphatic rings. The number of hydrogen-bond acceptors (Lipinski definition) is 9. The number of nitrogens with zero attached hydrogens (tertiary/aromatic N) is 5. The zero-order valence-corrected chi connectivity index (χ0v) is 23.1. The second-order valence-corrected chi connectivity index (χ2v) is 11.6. The van der Waals surface area contributed by atoms with Crippen molar-refractivity contribution in [1.29, 1.82) is 0 Å². The van der Waals surface area contributed by atoms with Crippen LogP contribution < -0.4 is 15.1 Å². The Bertz CT molecular complexity index is 1390. The third kappa shape index (κ3) is 5.90. The van der Waals surface area contributed by atoms with Crippen molar-refractivity contribution in [3.05, 3.63) is 59.5 Å². The van der Waals surface area contributed by atoms with Gasteiger partial charge in [0.05, 0.1) is 29.1 Å². The van der Waals surface area contributed by atoms with E-state index in [0.717, 1.165) is 43.6 Å². The Balaban J connectivity index is 1.68. The lowest BCUT2D eigenvalue weighted by Crippen LogP contribution is -2.45. The highest BCUT2D eigenvalue weighted by Crippen LogP contribution is 2.33. The van der Waals surface area contributed by atoms with Crippen molar-refractivity contribution >= 4 is 38.7 Å². The lowest BCUT2D eigenvalue weighted by Gasteiger charge is -2.35. The van der Waals surface area contributed by atoms with E-state index in [1.807, 2.05) is 38.1 Å². The smallest absolute Gasteiger partial charge is 0.229 e. The molecule has 4 rings (SSSR count). The van der Waals surface area contributed by atoms with Crippen molar-refractivity contribution in [3.8, 4) is 0 Å². The van der Waals surface area contributed by atoms with Crippen molar-refractivity contribution in [1.82, 2.24) is 14.9 Å². The lowest BCUT2D eigenvalue weighted by atomic mass is 10.1. The number of aromatic nitrogens is 2. The SMILES string of the molecule is CCN(c1cc(CO)ccc1C)c1nc(Nc2ccc(N3CCN(C)CC3)c(S(=O)(=O)CC)c2)ncc1F. The summed E-state index contributed by atoms with van der Waals surface area (Å²) in [5.74, 6) is -0.390. The summed E-state index contributed by atoms with van der Waals surface area (Å²) in [6.45, 7) is 8.92. The Labute approximate surface area is 223 Å². The monoisotopic (exact) mass is 542 g/mol. The highest BCUT2D eigenvalue weighted by Gasteiger charge is 2.24. The van der Waals surface area contributed by atoms with Crippen molar-refractivity contribution in [3.63, 3.8) is 0 Å². The molecule has 1 aliphatic heterocycles. The molecule has 1 fully saturated rings. The molecule has 0 bridgehead atoms. The van der Waals surface area contributed by atoms with E-state index in [9.17, 15) is 17.9 Å². The van der Waals surface area contributed by atoms with Crippen LogP contribution >= 0.6 is 0 Å². The first-order valence-electron chi connectivity index (χ1n) is 12.7. The molecule has 0 atom stereocenters. The minimum atomic E-state index is -3.51. The van der Waals surface area contributed by atoms with Gasteiger partial charge in [-0.3, -0.25) is 0 Å². The summed E-state index contributed by atoms with van der Waals surface area (Å²) < 4.78 is 41.0. The third-order valence-electron chi connectivity index (χ3n) is 6.82. The van der Waals surface area contributed by atoms with Gasteiger partial charge in [-0.15, -0.1) is 0 Å². The maximum atomic E-state index is 15.0. The number of hydrogen-bond donors (Lipinski definition) is 2. The predicted octanol–water partition coefficient (Wildman–Crippen LogP) is 3.86. The quantitative estimate of drug-likeness (QED) is 0.417. The first-order chi connectivity index (χ1) is 18.2. The minimum Gasteiger partial charge on any atom is -0.392 e. The summed E-state index contributed by atoms with van der Waals surface area (Å²) in [5, 5.41) is 12.6. The Morgan fingerprint density at radius 2 is 1.84 bits per heavy atom. The molecule has 1 aromatic heterocycles. The number of nitrogens with one attached hydrogen (secondary N) is 1. The predicted molar refractivity (Wildman–Crippen MR) is 149 cm³/mol. The fraction of sp³-hybridized carbons (Fsp3) is 0.407. The van der Waals surface area contributed by atoms with Crippen LogP contribution in [0.4, 0.5) is 33.2 Å². The largest absolute Gasteiger partial charge is 0.392 e. The normalized spacial score (nSPS) is 14.5. The Morgan fingerprint density at radius 3 is 2.50 bits per heavy atom. The highest BCUT2D eigenvalue weighted by molar-refractivity contribution is 7.91. The Kier molecular flexibility index (Phi) is 8.49. The van der Waals surface area contributed by atoms with Crippen LogP contribution in [0.1, 0.15) is 25.0 Å². The van der Waals surface area contributed by atoms with Gasteiger partial charge in [-0.05, 0) is 56.3 Å². The third-order valence-corrected chi connectivity index (χ3v) is 8.58. The molecule has 0 amide bonds. The van der Waals surface area contributed by atoms with E-state index >= 15 is 0 Å². The first-order valence-corrected chi connectivity index (χ1v) is 14.4. The number of halogens is 1. The molecular weight excluding hydrogens is 507 g/mol. The summed E-state index contributed by atoms with van der Waals surface area (Å²) in [7, 11) is -1.46. The van der Waals surface area contributed by atoms with Crippen LogP contribution in [-0.4, -0.2) is 73.9 Å². The van der Waals surface area contributed by atoms with Crippen LogP contribution in [0.2, 0.25) is 0 Å². The zero-order valence-electron chi connectivity index (χ0n) is 22.3. The molecular formula is C27H35FN6O3S. The summed E-state index contributed by atoms with van der Waals surface area (Å²) in [6, 6.07) is 10.7. The summed E-state index contributed by atoms with van der Waals surface area (Å²) in [4.78, 5) is 14.8. The van der Waals surface area contributed by atoms with Gasteiger partial charge in [0.25, 0.3) is 0 Å². The minimum absolute atomic E-state index is 0.0217. The van der Waals surface area contributed by atoms with Gasteiger partial charge >= 0.3 is 0 Å². The van der Waals surface area contributed by atoms with Gasteiger partial charge in [0, 0.05) is 44.1 Å². The van der Waals surface area contributed by atoms with Crippen LogP contribution in [-0.2, 0) is 16.4 Å². The standard InChI is InChI=1S/C27H35FN6O3S/c1-5-34(24-15-20(18-35)8-7-19(24)3)26-22(28)17-29-27(31-26)30-21-9-10-23(25(16-21)38(36,37)6-2)33-13-11-32(4)12-14-33/h7-10,15-17,35H,5-6,11-14,18H2,1-4H3,(H,29,30,31). The van der Waals surface area contributed by atoms with E-state index in [0.29, 0.717) is 23.5 Å². The maximum absolute atomic E-state index is 15.0. The molecule has 38 heavy (non-hydrogen) atoms. The van der Waals surface area contributed by atoms with Crippen molar-refractivity contribution in [2.45, 2.75) is 32.3 Å². The summed E-state index contributed by atoms with van der Waals surface area (Å²) in [6.07, 6.45) is 1.10. The first kappa shape index (κ1) is 27.7. The number of likely N-dealkylation sites (N-methyl/N-ethyl adjacent to an activating group) is 1. The lowest BCUT2D eigenvalue weighted by molar-refractivity contribution is 0.282. The molecule has 1 saturated heterocycles. The molecule has 2 aromatic carbocycles. The number of sulfone groups is 1. The van der Waals surface area contributed by atoms with Crippen molar-refractivity contribution in [2.24, 2.45) is 0 Å². The molecule has 2 heterocycles. The number of anilines is 5. The molecule has 0 unspecified atom stereocenters. The maximum Gasteiger partial charge on any atom is 0.229 e. The van der Waals surface area contributed by atoms with Crippen LogP contribution in [0.3, 0.4) is 0 Å². The Hall–Kier alpha value is -3.28. The van der Waals surface area contributed by atoms with Crippen LogP contribution in [0.5, 0.6) is 0 Å². The van der Waals surface area contributed by atoms with E-state index in [-0.39, 0.29) is 29.0 Å². The second kappa shape index (κ2) is 11.6. The summed E-state index contributed by atoms with van der Waals surface area (Å²) >= 11 is 0. The average molecular weight is 543 g/mol. The van der Waals surface area contributed by atoms with Crippen LogP contribution in [0, 0.1) is 12.7 Å². The molecule has 2 N–H and O–H groups in total. The second-order valence-electron chi connectivity index (χ2n) is 9.39. The topological polar surface area (TPSA) is 102 Å². The van der Waals surface area contributed by atoms with Crippen LogP contribution in [0.25, 0.3) is 0 Å². The van der Waals surface area contributed by atoms with Crippen molar-refractivity contribution < 1.29 is 17.9 Å². The van der Waals surface area contributed by atoms with Crippen LogP contribution in [0.15, 0.2) is 47.5 Å². The molecule has 11 heteroatoms. The van der Waals surface area contributed by atoms with E-state index in [4.69, 9.17) is 0 Å². The highest BCUT2D eigenvalue weighted by atomic mass is 32.2. The van der Waals surface area contributed by atoms with Gasteiger partial charge < -0.3 is 25.1 Å². The number of aliphatic hydroxyl groups excluding tert-OH is 1. The van der Waals surface area contributed by atoms with Gasteiger partial charge in [0.15, 0.2) is 21.5 Å². The zero-order chi connectivity index (χ0) is 27.4. The molecule has 0 spiro atoms. The van der Waals surface area contributed by atoms with Gasteiger partial charge in [0.1, 0.15) is 0 Å². The van der Waals surface area contributed by atoms with E-state index in [1.54, 1.807) is 24.0 Å². The number of aryl methyl sites for hydroxylation is 1. The van der Waals surface area contributed by atoms with Gasteiger partial charge in [-0.2, -0.15) is 4.98 Å². The number of rotatable bonds is 9. The van der Waals surface area contributed by atoms with E-state index in [2.05, 4.69) is 32.1 Å². The van der Waals surface area contributed by atoms with Gasteiger partial charge in [-0.1, -0.05) is 19.1 Å². The number of piperazine rings is 1. The molecule has 0 aliphatic carbocycles. The molecule has 0 saturated carbocycles. The van der Waals surface area contributed by atoms with Gasteiger partial charge in [-0.25, -0.2) is 17.8 Å². The fourth-order valence-electron chi connectivity index (χ4n) is 4.52. The number of aliphatic hydroxyl groups is 1. The Morgan fingerprint density at radius 1 is 1.11 bits per heavy atom. The fourth-order valence-corrected chi connectivity index (χ4v) is 5.65.